The van der Waals surface area contributed by atoms with Gasteiger partial charge in [0.2, 0.25) is 17.2 Å². The van der Waals surface area contributed by atoms with Crippen LogP contribution in [0.15, 0.2) is 54.6 Å². The molecule has 4 aromatic rings. The fourth-order valence-corrected chi connectivity index (χ4v) is 3.06. The van der Waals surface area contributed by atoms with Crippen LogP contribution in [0.25, 0.3) is 33.9 Å². The average Bonchev–Trinajstić information content (AvgIpc) is 2.77. The number of aryl methyl sites for hydroxylation is 1. The van der Waals surface area contributed by atoms with Crippen LogP contribution in [0.5, 0.6) is 28.7 Å². The lowest BCUT2D eigenvalue weighted by molar-refractivity contribution is 0.329. The number of hydrogen-bond donors (Lipinski definition) is 5. The van der Waals surface area contributed by atoms with Gasteiger partial charge in [0.25, 0.3) is 0 Å². The second-order valence-electron chi connectivity index (χ2n) is 6.59. The van der Waals surface area contributed by atoms with Crippen molar-refractivity contribution in [1.82, 2.24) is 15.0 Å². The Morgan fingerprint density at radius 1 is 0.500 bits per heavy atom. The third kappa shape index (κ3) is 3.20. The molecule has 0 aliphatic carbocycles. The van der Waals surface area contributed by atoms with E-state index in [0.717, 1.165) is 11.1 Å². The molecule has 150 valence electrons. The lowest BCUT2D eigenvalue weighted by Gasteiger charge is -2.12. The van der Waals surface area contributed by atoms with Crippen LogP contribution in [0.2, 0.25) is 0 Å². The first kappa shape index (κ1) is 19.0. The largest absolute Gasteiger partial charge is 0.504 e. The summed E-state index contributed by atoms with van der Waals surface area (Å²) in [4.78, 5) is 12.6. The van der Waals surface area contributed by atoms with E-state index in [4.69, 9.17) is 0 Å². The molecule has 8 nitrogen and oxygen atoms in total. The van der Waals surface area contributed by atoms with E-state index in [-0.39, 0.29) is 17.5 Å². The molecule has 0 fully saturated rings. The third-order valence-electron chi connectivity index (χ3n) is 4.59. The Morgan fingerprint density at radius 2 is 0.967 bits per heavy atom. The minimum absolute atomic E-state index is 0.176. The number of hydrogen-bond acceptors (Lipinski definition) is 8. The Bertz CT molecular complexity index is 1210. The molecular formula is C22H17N3O5. The molecule has 0 bridgehead atoms. The molecule has 8 heteroatoms. The first-order valence-electron chi connectivity index (χ1n) is 8.94. The van der Waals surface area contributed by atoms with E-state index >= 15 is 0 Å². The average molecular weight is 403 g/mol. The van der Waals surface area contributed by atoms with Gasteiger partial charge in [-0.1, -0.05) is 54.6 Å². The number of phenolic OH excluding ortho intramolecular Hbond substituents is 5. The van der Waals surface area contributed by atoms with Gasteiger partial charge in [0.1, 0.15) is 11.4 Å². The summed E-state index contributed by atoms with van der Waals surface area (Å²) in [5.74, 6) is -4.38. The van der Waals surface area contributed by atoms with Crippen LogP contribution in [-0.2, 0) is 0 Å². The predicted molar refractivity (Wildman–Crippen MR) is 109 cm³/mol. The molecule has 0 saturated heterocycles. The van der Waals surface area contributed by atoms with Gasteiger partial charge in [0.05, 0.1) is 0 Å². The molecule has 0 unspecified atom stereocenters. The van der Waals surface area contributed by atoms with Crippen molar-refractivity contribution in [2.45, 2.75) is 6.92 Å². The molecular weight excluding hydrogens is 386 g/mol. The van der Waals surface area contributed by atoms with Crippen LogP contribution < -0.4 is 0 Å². The number of benzene rings is 3. The van der Waals surface area contributed by atoms with Gasteiger partial charge < -0.3 is 25.5 Å². The lowest BCUT2D eigenvalue weighted by atomic mass is 10.0. The maximum absolute atomic E-state index is 10.2. The minimum atomic E-state index is -1.05. The molecule has 0 saturated carbocycles. The van der Waals surface area contributed by atoms with Crippen LogP contribution in [0.3, 0.4) is 0 Å². The maximum Gasteiger partial charge on any atom is 0.208 e. The summed E-state index contributed by atoms with van der Waals surface area (Å²) in [6, 6.07) is 17.3. The highest BCUT2D eigenvalue weighted by atomic mass is 16.4. The summed E-state index contributed by atoms with van der Waals surface area (Å²) in [7, 11) is 0. The zero-order valence-corrected chi connectivity index (χ0v) is 15.8. The predicted octanol–water partition coefficient (Wildman–Crippen LogP) is 3.71. The third-order valence-corrected chi connectivity index (χ3v) is 4.59. The normalized spacial score (nSPS) is 10.8. The SMILES string of the molecule is Cc1nc(-c2ccc(-c3ccccc3)cc2)nc(-c2c(O)c(O)c(O)c(O)c2O)n1. The molecule has 0 aliphatic rings. The van der Waals surface area contributed by atoms with Crippen molar-refractivity contribution < 1.29 is 25.5 Å². The highest BCUT2D eigenvalue weighted by molar-refractivity contribution is 5.82. The molecule has 1 aromatic heterocycles. The van der Waals surface area contributed by atoms with Crippen LogP contribution in [0, 0.1) is 6.92 Å². The maximum atomic E-state index is 10.2. The first-order chi connectivity index (χ1) is 14.4. The standard InChI is InChI=1S/C22H17N3O5/c1-11-23-21(14-9-7-13(8-10-14)12-5-3-2-4-6-12)25-22(24-11)15-16(26)18(28)20(30)19(29)17(15)27/h2-10,26-30H,1H3. The molecule has 3 aromatic carbocycles. The van der Waals surface area contributed by atoms with E-state index in [1.807, 2.05) is 54.6 Å². The van der Waals surface area contributed by atoms with Crippen LogP contribution in [0.1, 0.15) is 5.82 Å². The summed E-state index contributed by atoms with van der Waals surface area (Å²) in [6.07, 6.45) is 0. The van der Waals surface area contributed by atoms with Crippen molar-refractivity contribution >= 4 is 0 Å². The van der Waals surface area contributed by atoms with Crippen molar-refractivity contribution in [3.63, 3.8) is 0 Å². The van der Waals surface area contributed by atoms with E-state index in [2.05, 4.69) is 15.0 Å². The molecule has 5 N–H and O–H groups in total. The van der Waals surface area contributed by atoms with E-state index in [0.29, 0.717) is 5.56 Å². The quantitative estimate of drug-likeness (QED) is 0.258. The van der Waals surface area contributed by atoms with Gasteiger partial charge in [-0.2, -0.15) is 0 Å². The molecule has 0 atom stereocenters. The van der Waals surface area contributed by atoms with Crippen LogP contribution >= 0.6 is 0 Å². The van der Waals surface area contributed by atoms with Crippen molar-refractivity contribution in [3.8, 4) is 62.7 Å². The zero-order valence-electron chi connectivity index (χ0n) is 15.8. The summed E-state index contributed by atoms with van der Waals surface area (Å²) in [5, 5.41) is 49.5. The van der Waals surface area contributed by atoms with Crippen molar-refractivity contribution in [2.75, 3.05) is 0 Å². The van der Waals surface area contributed by atoms with E-state index in [1.54, 1.807) is 6.92 Å². The van der Waals surface area contributed by atoms with Gasteiger partial charge in [-0.05, 0) is 18.1 Å². The molecule has 0 radical (unpaired) electrons. The highest BCUT2D eigenvalue weighted by Gasteiger charge is 2.26. The topological polar surface area (TPSA) is 140 Å². The zero-order chi connectivity index (χ0) is 21.4. The fraction of sp³-hybridized carbons (Fsp3) is 0.0455. The molecule has 1 heterocycles. The van der Waals surface area contributed by atoms with E-state index in [1.165, 1.54) is 0 Å². The first-order valence-corrected chi connectivity index (χ1v) is 8.94. The van der Waals surface area contributed by atoms with Gasteiger partial charge in [-0.25, -0.2) is 15.0 Å². The molecule has 0 aliphatic heterocycles. The van der Waals surface area contributed by atoms with Crippen LogP contribution in [-0.4, -0.2) is 40.5 Å². The summed E-state index contributed by atoms with van der Waals surface area (Å²) in [5.41, 5.74) is 2.30. The van der Waals surface area contributed by atoms with Crippen molar-refractivity contribution in [2.24, 2.45) is 0 Å². The fourth-order valence-electron chi connectivity index (χ4n) is 3.06. The van der Waals surface area contributed by atoms with Gasteiger partial charge in [0, 0.05) is 5.56 Å². The van der Waals surface area contributed by atoms with Gasteiger partial charge in [-0.15, -0.1) is 0 Å². The second kappa shape index (κ2) is 7.25. The number of aromatic nitrogens is 3. The highest BCUT2D eigenvalue weighted by Crippen LogP contribution is 2.54. The number of rotatable bonds is 3. The number of phenols is 5. The Morgan fingerprint density at radius 3 is 1.57 bits per heavy atom. The van der Waals surface area contributed by atoms with Crippen molar-refractivity contribution in [3.05, 3.63) is 60.4 Å². The summed E-state index contributed by atoms with van der Waals surface area (Å²) in [6.45, 7) is 1.60. The minimum Gasteiger partial charge on any atom is -0.504 e. The Hall–Kier alpha value is -4.33. The van der Waals surface area contributed by atoms with Gasteiger partial charge in [0.15, 0.2) is 23.1 Å². The molecule has 30 heavy (non-hydrogen) atoms. The monoisotopic (exact) mass is 403 g/mol. The molecule has 0 spiro atoms. The number of nitrogens with zero attached hydrogens (tertiary/aromatic N) is 3. The Kier molecular flexibility index (Phi) is 4.59. The van der Waals surface area contributed by atoms with Gasteiger partial charge >= 0.3 is 0 Å². The van der Waals surface area contributed by atoms with E-state index in [9.17, 15) is 25.5 Å². The van der Waals surface area contributed by atoms with Crippen LogP contribution in [0.4, 0.5) is 0 Å². The molecule has 4 rings (SSSR count). The summed E-state index contributed by atoms with van der Waals surface area (Å²) < 4.78 is 0. The smallest absolute Gasteiger partial charge is 0.208 e. The Labute approximate surface area is 171 Å². The van der Waals surface area contributed by atoms with Gasteiger partial charge in [-0.3, -0.25) is 0 Å². The van der Waals surface area contributed by atoms with Crippen molar-refractivity contribution in [1.29, 1.82) is 0 Å². The summed E-state index contributed by atoms with van der Waals surface area (Å²) >= 11 is 0. The van der Waals surface area contributed by atoms with E-state index < -0.39 is 34.3 Å². The number of aromatic hydroxyl groups is 5. The second-order valence-corrected chi connectivity index (χ2v) is 6.59. The molecule has 0 amide bonds. The Balaban J connectivity index is 1.81. The lowest BCUT2D eigenvalue weighted by Crippen LogP contribution is -2.00.